The Bertz CT molecular complexity index is 1100. The number of hydrogen-bond acceptors (Lipinski definition) is 4. The molecule has 4 nitrogen and oxygen atoms in total. The van der Waals surface area contributed by atoms with Crippen LogP contribution < -0.4 is 15.5 Å². The van der Waals surface area contributed by atoms with Crippen molar-refractivity contribution < 1.29 is 0 Å². The second kappa shape index (κ2) is 8.39. The van der Waals surface area contributed by atoms with Gasteiger partial charge in [0.05, 0.1) is 0 Å². The van der Waals surface area contributed by atoms with Crippen LogP contribution in [0.5, 0.6) is 0 Å². The average molecular weight is 431 g/mol. The molecule has 1 atom stereocenters. The highest BCUT2D eigenvalue weighted by molar-refractivity contribution is 6.30. The molecule has 2 aliphatic rings. The number of fused-ring (bicyclic) bond motifs is 1. The topological polar surface area (TPSA) is 35.7 Å². The maximum atomic E-state index is 6.73. The third kappa shape index (κ3) is 4.07. The minimum Gasteiger partial charge on any atom is -0.369 e. The normalized spacial score (nSPS) is 18.9. The SMILES string of the molecule is CN1CCN(c2ccc(N3C=Cc4ccc(-c5cccc(Cl)c5)cc4C3N)cc2)CC1. The van der Waals surface area contributed by atoms with Crippen molar-refractivity contribution >= 4 is 29.1 Å². The van der Waals surface area contributed by atoms with Crippen LogP contribution in [-0.4, -0.2) is 38.1 Å². The van der Waals surface area contributed by atoms with E-state index in [0.29, 0.717) is 0 Å². The Balaban J connectivity index is 1.39. The maximum Gasteiger partial charge on any atom is 0.108 e. The van der Waals surface area contributed by atoms with Crippen LogP contribution in [0, 0.1) is 0 Å². The molecule has 0 amide bonds. The van der Waals surface area contributed by atoms with E-state index in [0.717, 1.165) is 59.1 Å². The van der Waals surface area contributed by atoms with Gasteiger partial charge in [0.1, 0.15) is 6.17 Å². The van der Waals surface area contributed by atoms with Crippen molar-refractivity contribution in [3.05, 3.63) is 89.1 Å². The molecule has 1 saturated heterocycles. The fourth-order valence-corrected chi connectivity index (χ4v) is 4.57. The Kier molecular flexibility index (Phi) is 5.45. The molecule has 0 spiro atoms. The summed E-state index contributed by atoms with van der Waals surface area (Å²) in [6.07, 6.45) is 3.97. The van der Waals surface area contributed by atoms with Crippen molar-refractivity contribution in [3.63, 3.8) is 0 Å². The fourth-order valence-electron chi connectivity index (χ4n) is 4.38. The highest BCUT2D eigenvalue weighted by atomic mass is 35.5. The molecule has 1 fully saturated rings. The Morgan fingerprint density at radius 2 is 1.55 bits per heavy atom. The summed E-state index contributed by atoms with van der Waals surface area (Å²) in [4.78, 5) is 6.96. The molecule has 2 heterocycles. The molecule has 3 aromatic rings. The van der Waals surface area contributed by atoms with Crippen molar-refractivity contribution in [3.8, 4) is 11.1 Å². The molecule has 0 bridgehead atoms. The molecule has 2 aliphatic heterocycles. The predicted molar refractivity (Wildman–Crippen MR) is 131 cm³/mol. The van der Waals surface area contributed by atoms with Gasteiger partial charge in [-0.1, -0.05) is 35.9 Å². The number of hydrogen-bond donors (Lipinski definition) is 1. The molecule has 158 valence electrons. The van der Waals surface area contributed by atoms with E-state index in [9.17, 15) is 0 Å². The number of nitrogens with two attached hydrogens (primary N) is 1. The second-order valence-electron chi connectivity index (χ2n) is 8.33. The van der Waals surface area contributed by atoms with Gasteiger partial charge in [0.25, 0.3) is 0 Å². The third-order valence-electron chi connectivity index (χ3n) is 6.29. The van der Waals surface area contributed by atoms with Crippen LogP contribution >= 0.6 is 11.6 Å². The molecule has 5 heteroatoms. The molecule has 0 saturated carbocycles. The summed E-state index contributed by atoms with van der Waals surface area (Å²) >= 11 is 6.20. The summed E-state index contributed by atoms with van der Waals surface area (Å²) in [6, 6.07) is 23.1. The van der Waals surface area contributed by atoms with Crippen LogP contribution in [0.4, 0.5) is 11.4 Å². The van der Waals surface area contributed by atoms with Gasteiger partial charge < -0.3 is 20.4 Å². The lowest BCUT2D eigenvalue weighted by atomic mass is 9.95. The molecule has 0 aromatic heterocycles. The maximum absolute atomic E-state index is 6.73. The van der Waals surface area contributed by atoms with Crippen LogP contribution in [-0.2, 0) is 0 Å². The first kappa shape index (κ1) is 20.1. The number of benzene rings is 3. The minimum atomic E-state index is -0.242. The Morgan fingerprint density at radius 3 is 2.29 bits per heavy atom. The van der Waals surface area contributed by atoms with Crippen molar-refractivity contribution in [2.24, 2.45) is 5.73 Å². The van der Waals surface area contributed by atoms with Gasteiger partial charge in [0.15, 0.2) is 0 Å². The first-order chi connectivity index (χ1) is 15.1. The zero-order valence-electron chi connectivity index (χ0n) is 17.7. The highest BCUT2D eigenvalue weighted by Crippen LogP contribution is 2.35. The molecule has 5 rings (SSSR count). The molecular formula is C26H27ClN4. The fraction of sp³-hybridized carbons (Fsp3) is 0.231. The number of halogens is 1. The number of anilines is 2. The van der Waals surface area contributed by atoms with Crippen LogP contribution in [0.15, 0.2) is 72.9 Å². The van der Waals surface area contributed by atoms with E-state index >= 15 is 0 Å². The van der Waals surface area contributed by atoms with Gasteiger partial charge in [-0.2, -0.15) is 0 Å². The van der Waals surface area contributed by atoms with Crippen LogP contribution in [0.2, 0.25) is 5.02 Å². The molecule has 2 N–H and O–H groups in total. The lowest BCUT2D eigenvalue weighted by molar-refractivity contribution is 0.313. The van der Waals surface area contributed by atoms with Gasteiger partial charge in [-0.25, -0.2) is 0 Å². The third-order valence-corrected chi connectivity index (χ3v) is 6.53. The Hall–Kier alpha value is -2.79. The average Bonchev–Trinajstić information content (AvgIpc) is 2.80. The van der Waals surface area contributed by atoms with Gasteiger partial charge in [0.2, 0.25) is 0 Å². The number of piperazine rings is 1. The number of rotatable bonds is 3. The molecule has 0 aliphatic carbocycles. The summed E-state index contributed by atoms with van der Waals surface area (Å²) in [5.74, 6) is 0. The Labute approximate surface area is 189 Å². The van der Waals surface area contributed by atoms with E-state index < -0.39 is 0 Å². The lowest BCUT2D eigenvalue weighted by Gasteiger charge is -2.35. The zero-order chi connectivity index (χ0) is 21.4. The van der Waals surface area contributed by atoms with E-state index in [1.165, 1.54) is 5.69 Å². The first-order valence-corrected chi connectivity index (χ1v) is 11.1. The van der Waals surface area contributed by atoms with E-state index in [2.05, 4.69) is 82.6 Å². The monoisotopic (exact) mass is 430 g/mol. The highest BCUT2D eigenvalue weighted by Gasteiger charge is 2.22. The summed E-state index contributed by atoms with van der Waals surface area (Å²) in [7, 11) is 2.18. The van der Waals surface area contributed by atoms with Crippen molar-refractivity contribution in [1.82, 2.24) is 4.90 Å². The molecule has 0 radical (unpaired) electrons. The molecule has 1 unspecified atom stereocenters. The molecular weight excluding hydrogens is 404 g/mol. The van der Waals surface area contributed by atoms with Gasteiger partial charge in [-0.05, 0) is 77.8 Å². The van der Waals surface area contributed by atoms with E-state index in [4.69, 9.17) is 17.3 Å². The van der Waals surface area contributed by atoms with E-state index in [1.54, 1.807) is 0 Å². The van der Waals surface area contributed by atoms with Crippen LogP contribution in [0.3, 0.4) is 0 Å². The second-order valence-corrected chi connectivity index (χ2v) is 8.77. The van der Waals surface area contributed by atoms with Gasteiger partial charge in [0, 0.05) is 48.8 Å². The quantitative estimate of drug-likeness (QED) is 0.619. The summed E-state index contributed by atoms with van der Waals surface area (Å²) in [5, 5.41) is 0.737. The molecule has 3 aromatic carbocycles. The summed E-state index contributed by atoms with van der Waals surface area (Å²) in [6.45, 7) is 4.34. The lowest BCUT2D eigenvalue weighted by Crippen LogP contribution is -2.44. The van der Waals surface area contributed by atoms with Crippen molar-refractivity contribution in [2.75, 3.05) is 43.0 Å². The molecule has 31 heavy (non-hydrogen) atoms. The Morgan fingerprint density at radius 1 is 0.839 bits per heavy atom. The number of likely N-dealkylation sites (N-methyl/N-ethyl adjacent to an activating group) is 1. The zero-order valence-corrected chi connectivity index (χ0v) is 18.5. The van der Waals surface area contributed by atoms with Crippen molar-refractivity contribution in [1.29, 1.82) is 0 Å². The minimum absolute atomic E-state index is 0.242. The smallest absolute Gasteiger partial charge is 0.108 e. The largest absolute Gasteiger partial charge is 0.369 e. The summed E-state index contributed by atoms with van der Waals surface area (Å²) in [5.41, 5.74) is 13.6. The van der Waals surface area contributed by atoms with Gasteiger partial charge in [-0.3, -0.25) is 0 Å². The van der Waals surface area contributed by atoms with Crippen LogP contribution in [0.25, 0.3) is 17.2 Å². The van der Waals surface area contributed by atoms with E-state index in [-0.39, 0.29) is 6.17 Å². The van der Waals surface area contributed by atoms with Crippen LogP contribution in [0.1, 0.15) is 17.3 Å². The number of nitrogens with zero attached hydrogens (tertiary/aromatic N) is 3. The first-order valence-electron chi connectivity index (χ1n) is 10.7. The van der Waals surface area contributed by atoms with Gasteiger partial charge >= 0.3 is 0 Å². The van der Waals surface area contributed by atoms with Crippen molar-refractivity contribution in [2.45, 2.75) is 6.17 Å². The standard InChI is InChI=1S/C26H27ClN4/c1-29-13-15-30(16-14-29)23-7-9-24(10-8-23)31-12-11-19-5-6-21(18-25(19)26(31)28)20-3-2-4-22(27)17-20/h2-12,17-18,26H,13-16,28H2,1H3. The predicted octanol–water partition coefficient (Wildman–Crippen LogP) is 5.21. The van der Waals surface area contributed by atoms with E-state index in [1.807, 2.05) is 18.2 Å². The van der Waals surface area contributed by atoms with Gasteiger partial charge in [-0.15, -0.1) is 0 Å². The summed E-state index contributed by atoms with van der Waals surface area (Å²) < 4.78 is 0.